The van der Waals surface area contributed by atoms with Gasteiger partial charge >= 0.3 is 6.18 Å². The number of rotatable bonds is 4. The Balaban J connectivity index is 0.00000144. The third-order valence-corrected chi connectivity index (χ3v) is 4.56. The highest BCUT2D eigenvalue weighted by Crippen LogP contribution is 2.43. The van der Waals surface area contributed by atoms with Gasteiger partial charge in [-0.05, 0) is 30.5 Å². The second-order valence-electron chi connectivity index (χ2n) is 6.25. The Kier molecular flexibility index (Phi) is 7.66. The van der Waals surface area contributed by atoms with Crippen molar-refractivity contribution in [2.24, 2.45) is 5.92 Å². The fourth-order valence-electron chi connectivity index (χ4n) is 3.13. The molecule has 0 aromatic heterocycles. The molecule has 1 aliphatic heterocycles. The number of piperazine rings is 1. The van der Waals surface area contributed by atoms with Crippen LogP contribution in [-0.4, -0.2) is 36.2 Å². The standard InChI is InChI=1S/C16H21F3N2O.2ClH/c17-16(18,19)12-3-4-15(22)13(10-12)14(9-11-1-2-11)21-7-5-20-6-8-21;;/h3-4,10-11,14,20,22H,1-2,5-9H2;2*1H/t14-;;/m1../s1. The molecule has 1 aromatic rings. The number of nitrogens with zero attached hydrogens (tertiary/aromatic N) is 1. The molecule has 3 nitrogen and oxygen atoms in total. The van der Waals surface area contributed by atoms with Crippen molar-refractivity contribution in [2.75, 3.05) is 26.2 Å². The third kappa shape index (κ3) is 5.15. The Labute approximate surface area is 152 Å². The first-order chi connectivity index (χ1) is 10.4. The molecule has 24 heavy (non-hydrogen) atoms. The topological polar surface area (TPSA) is 35.5 Å². The van der Waals surface area contributed by atoms with Crippen LogP contribution in [-0.2, 0) is 6.18 Å². The monoisotopic (exact) mass is 386 g/mol. The van der Waals surface area contributed by atoms with Crippen LogP contribution in [0.4, 0.5) is 13.2 Å². The Hall–Kier alpha value is -0.690. The number of hydrogen-bond acceptors (Lipinski definition) is 3. The van der Waals surface area contributed by atoms with Crippen LogP contribution in [0.1, 0.15) is 36.4 Å². The zero-order valence-corrected chi connectivity index (χ0v) is 14.8. The Morgan fingerprint density at radius 2 is 1.79 bits per heavy atom. The first-order valence-corrected chi connectivity index (χ1v) is 7.80. The van der Waals surface area contributed by atoms with Gasteiger partial charge in [0.2, 0.25) is 0 Å². The van der Waals surface area contributed by atoms with Crippen molar-refractivity contribution < 1.29 is 18.3 Å². The quantitative estimate of drug-likeness (QED) is 0.820. The fourth-order valence-corrected chi connectivity index (χ4v) is 3.13. The lowest BCUT2D eigenvalue weighted by atomic mass is 9.96. The minimum atomic E-state index is -4.38. The van der Waals surface area contributed by atoms with Crippen molar-refractivity contribution in [3.05, 3.63) is 29.3 Å². The summed E-state index contributed by atoms with van der Waals surface area (Å²) in [6.45, 7) is 3.27. The molecule has 2 fully saturated rings. The molecule has 0 bridgehead atoms. The van der Waals surface area contributed by atoms with Gasteiger partial charge in [-0.1, -0.05) is 12.8 Å². The van der Waals surface area contributed by atoms with E-state index in [0.717, 1.165) is 57.6 Å². The lowest BCUT2D eigenvalue weighted by Crippen LogP contribution is -2.45. The summed E-state index contributed by atoms with van der Waals surface area (Å²) in [5.74, 6) is 0.547. The average molecular weight is 387 g/mol. The molecule has 1 saturated carbocycles. The molecule has 1 atom stereocenters. The predicted octanol–water partition coefficient (Wildman–Crippen LogP) is 4.00. The molecule has 1 heterocycles. The maximum Gasteiger partial charge on any atom is 0.416 e. The second kappa shape index (κ2) is 8.61. The molecule has 3 rings (SSSR count). The van der Waals surface area contributed by atoms with E-state index in [4.69, 9.17) is 0 Å². The molecular weight excluding hydrogens is 364 g/mol. The van der Waals surface area contributed by atoms with E-state index in [2.05, 4.69) is 10.2 Å². The number of halogens is 5. The molecule has 8 heteroatoms. The summed E-state index contributed by atoms with van der Waals surface area (Å²) >= 11 is 0. The van der Waals surface area contributed by atoms with Crippen LogP contribution in [0, 0.1) is 5.92 Å². The van der Waals surface area contributed by atoms with Crippen molar-refractivity contribution in [1.29, 1.82) is 0 Å². The van der Waals surface area contributed by atoms with Crippen LogP contribution in [0.15, 0.2) is 18.2 Å². The Morgan fingerprint density at radius 3 is 2.33 bits per heavy atom. The third-order valence-electron chi connectivity index (χ3n) is 4.56. The largest absolute Gasteiger partial charge is 0.508 e. The van der Waals surface area contributed by atoms with E-state index in [0.29, 0.717) is 11.5 Å². The molecule has 2 aliphatic rings. The second-order valence-corrected chi connectivity index (χ2v) is 6.25. The van der Waals surface area contributed by atoms with Gasteiger partial charge in [-0.3, -0.25) is 4.90 Å². The molecule has 1 aliphatic carbocycles. The average Bonchev–Trinajstić information content (AvgIpc) is 3.29. The van der Waals surface area contributed by atoms with E-state index < -0.39 is 11.7 Å². The lowest BCUT2D eigenvalue weighted by molar-refractivity contribution is -0.137. The summed E-state index contributed by atoms with van der Waals surface area (Å²) in [6.07, 6.45) is -1.27. The van der Waals surface area contributed by atoms with Gasteiger partial charge in [0.25, 0.3) is 0 Å². The van der Waals surface area contributed by atoms with E-state index in [1.54, 1.807) is 0 Å². The molecule has 1 aromatic carbocycles. The molecule has 0 spiro atoms. The summed E-state index contributed by atoms with van der Waals surface area (Å²) < 4.78 is 38.9. The smallest absolute Gasteiger partial charge is 0.416 e. The van der Waals surface area contributed by atoms with Gasteiger partial charge in [0.1, 0.15) is 5.75 Å². The SMILES string of the molecule is Cl.Cl.Oc1ccc(C(F)(F)F)cc1[C@@H](CC1CC1)N1CCNCC1. The molecular formula is C16H23Cl2F3N2O. The van der Waals surface area contributed by atoms with Crippen LogP contribution in [0.3, 0.4) is 0 Å². The minimum Gasteiger partial charge on any atom is -0.508 e. The van der Waals surface area contributed by atoms with E-state index in [-0.39, 0.29) is 36.6 Å². The summed E-state index contributed by atoms with van der Waals surface area (Å²) in [4.78, 5) is 2.20. The zero-order valence-electron chi connectivity index (χ0n) is 13.2. The van der Waals surface area contributed by atoms with Gasteiger partial charge in [0, 0.05) is 37.8 Å². The number of phenolic OH excluding ortho intramolecular Hbond substituents is 1. The van der Waals surface area contributed by atoms with Crippen LogP contribution in [0.25, 0.3) is 0 Å². The number of nitrogens with one attached hydrogen (secondary N) is 1. The molecule has 138 valence electrons. The predicted molar refractivity (Wildman–Crippen MR) is 92.1 cm³/mol. The van der Waals surface area contributed by atoms with E-state index in [9.17, 15) is 18.3 Å². The van der Waals surface area contributed by atoms with Crippen molar-refractivity contribution in [3.8, 4) is 5.75 Å². The zero-order chi connectivity index (χ0) is 15.7. The Bertz CT molecular complexity index is 533. The van der Waals surface area contributed by atoms with Gasteiger partial charge in [0.05, 0.1) is 5.56 Å². The first-order valence-electron chi connectivity index (χ1n) is 7.80. The van der Waals surface area contributed by atoms with E-state index in [1.165, 1.54) is 6.07 Å². The number of aromatic hydroxyl groups is 1. The van der Waals surface area contributed by atoms with Crippen molar-refractivity contribution in [2.45, 2.75) is 31.5 Å². The van der Waals surface area contributed by atoms with Gasteiger partial charge < -0.3 is 10.4 Å². The van der Waals surface area contributed by atoms with Crippen LogP contribution in [0.2, 0.25) is 0 Å². The van der Waals surface area contributed by atoms with Gasteiger partial charge in [-0.2, -0.15) is 13.2 Å². The number of alkyl halides is 3. The van der Waals surface area contributed by atoms with Crippen molar-refractivity contribution in [3.63, 3.8) is 0 Å². The van der Waals surface area contributed by atoms with Crippen LogP contribution < -0.4 is 5.32 Å². The highest BCUT2D eigenvalue weighted by Gasteiger charge is 2.35. The molecule has 0 radical (unpaired) electrons. The highest BCUT2D eigenvalue weighted by molar-refractivity contribution is 5.85. The fraction of sp³-hybridized carbons (Fsp3) is 0.625. The maximum absolute atomic E-state index is 13.0. The van der Waals surface area contributed by atoms with E-state index in [1.807, 2.05) is 0 Å². The van der Waals surface area contributed by atoms with Crippen molar-refractivity contribution >= 4 is 24.8 Å². The van der Waals surface area contributed by atoms with Gasteiger partial charge in [0.15, 0.2) is 0 Å². The van der Waals surface area contributed by atoms with E-state index >= 15 is 0 Å². The summed E-state index contributed by atoms with van der Waals surface area (Å²) in [5, 5.41) is 13.4. The number of phenols is 1. The van der Waals surface area contributed by atoms with Gasteiger partial charge in [-0.25, -0.2) is 0 Å². The van der Waals surface area contributed by atoms with Gasteiger partial charge in [-0.15, -0.1) is 24.8 Å². The Morgan fingerprint density at radius 1 is 1.17 bits per heavy atom. The molecule has 1 saturated heterocycles. The molecule has 0 unspecified atom stereocenters. The number of benzene rings is 1. The van der Waals surface area contributed by atoms with Crippen LogP contribution >= 0.6 is 24.8 Å². The number of hydrogen-bond donors (Lipinski definition) is 2. The molecule has 0 amide bonds. The van der Waals surface area contributed by atoms with Crippen LogP contribution in [0.5, 0.6) is 5.75 Å². The summed E-state index contributed by atoms with van der Waals surface area (Å²) in [6, 6.07) is 3.13. The maximum atomic E-state index is 13.0. The summed E-state index contributed by atoms with van der Waals surface area (Å²) in [5.41, 5.74) is -0.264. The minimum absolute atomic E-state index is 0. The molecule has 2 N–H and O–H groups in total. The van der Waals surface area contributed by atoms with Crippen molar-refractivity contribution in [1.82, 2.24) is 10.2 Å². The normalized spacial score (nSPS) is 20.0. The highest BCUT2D eigenvalue weighted by atomic mass is 35.5. The first kappa shape index (κ1) is 21.4. The lowest BCUT2D eigenvalue weighted by Gasteiger charge is -2.36. The summed E-state index contributed by atoms with van der Waals surface area (Å²) in [7, 11) is 0.